The maximum Gasteiger partial charge on any atom is 0.269 e. The van der Waals surface area contributed by atoms with Crippen LogP contribution in [0.5, 0.6) is 0 Å². The molecular weight excluding hydrogens is 440 g/mol. The summed E-state index contributed by atoms with van der Waals surface area (Å²) >= 11 is 1.34. The lowest BCUT2D eigenvalue weighted by atomic mass is 9.95. The number of thioether (sulfide) groups is 1. The monoisotopic (exact) mass is 464 g/mol. The number of nitrogens with zero attached hydrogens (tertiary/aromatic N) is 5. The lowest BCUT2D eigenvalue weighted by Crippen LogP contribution is -2.20. The van der Waals surface area contributed by atoms with Gasteiger partial charge in [0.15, 0.2) is 11.0 Å². The van der Waals surface area contributed by atoms with E-state index in [0.717, 1.165) is 29.4 Å². The van der Waals surface area contributed by atoms with Gasteiger partial charge in [0.2, 0.25) is 0 Å². The number of amides is 1. The highest BCUT2D eigenvalue weighted by Crippen LogP contribution is 2.35. The Balaban J connectivity index is 1.40. The second-order valence-electron chi connectivity index (χ2n) is 7.76. The fourth-order valence-corrected chi connectivity index (χ4v) is 4.65. The van der Waals surface area contributed by atoms with Crippen molar-refractivity contribution in [3.8, 4) is 11.4 Å². The molecule has 0 bridgehead atoms. The summed E-state index contributed by atoms with van der Waals surface area (Å²) in [7, 11) is 0. The third-order valence-corrected chi connectivity index (χ3v) is 6.42. The number of nitro groups is 1. The van der Waals surface area contributed by atoms with Gasteiger partial charge in [-0.25, -0.2) is 5.43 Å². The summed E-state index contributed by atoms with van der Waals surface area (Å²) in [5, 5.41) is 24.2. The van der Waals surface area contributed by atoms with E-state index >= 15 is 0 Å². The topological polar surface area (TPSA) is 115 Å². The maximum atomic E-state index is 12.3. The Morgan fingerprint density at radius 2 is 1.85 bits per heavy atom. The van der Waals surface area contributed by atoms with E-state index in [1.54, 1.807) is 12.1 Å². The minimum atomic E-state index is -0.463. The molecule has 3 aromatic rings. The predicted molar refractivity (Wildman–Crippen MR) is 127 cm³/mol. The lowest BCUT2D eigenvalue weighted by Gasteiger charge is -2.25. The highest BCUT2D eigenvalue weighted by atomic mass is 32.2. The van der Waals surface area contributed by atoms with Gasteiger partial charge in [-0.2, -0.15) is 5.10 Å². The van der Waals surface area contributed by atoms with Crippen LogP contribution < -0.4 is 5.43 Å². The number of carbonyl (C=O) groups excluding carboxylic acids is 1. The molecule has 0 radical (unpaired) electrons. The molecule has 33 heavy (non-hydrogen) atoms. The quantitative estimate of drug-likeness (QED) is 0.225. The van der Waals surface area contributed by atoms with Gasteiger partial charge in [-0.1, -0.05) is 61.4 Å². The molecule has 10 heteroatoms. The van der Waals surface area contributed by atoms with Gasteiger partial charge < -0.3 is 0 Å². The van der Waals surface area contributed by atoms with Crippen molar-refractivity contribution >= 4 is 29.6 Å². The Hall–Kier alpha value is -3.53. The number of carbonyl (C=O) groups is 1. The fraction of sp³-hybridized carbons (Fsp3) is 0.304. The molecule has 4 rings (SSSR count). The van der Waals surface area contributed by atoms with Crippen molar-refractivity contribution in [2.75, 3.05) is 5.75 Å². The Bertz CT molecular complexity index is 1120. The molecule has 1 amide bonds. The molecule has 170 valence electrons. The third-order valence-electron chi connectivity index (χ3n) is 5.48. The summed E-state index contributed by atoms with van der Waals surface area (Å²) in [6.07, 6.45) is 7.22. The summed E-state index contributed by atoms with van der Waals surface area (Å²) in [4.78, 5) is 22.6. The lowest BCUT2D eigenvalue weighted by molar-refractivity contribution is -0.384. The van der Waals surface area contributed by atoms with Crippen LogP contribution in [0.25, 0.3) is 11.4 Å². The van der Waals surface area contributed by atoms with Crippen LogP contribution in [0.2, 0.25) is 0 Å². The van der Waals surface area contributed by atoms with Gasteiger partial charge in [0.25, 0.3) is 11.6 Å². The van der Waals surface area contributed by atoms with Gasteiger partial charge in [0, 0.05) is 23.7 Å². The minimum Gasteiger partial charge on any atom is -0.299 e. The van der Waals surface area contributed by atoms with Crippen molar-refractivity contribution < 1.29 is 9.72 Å². The fourth-order valence-electron chi connectivity index (χ4n) is 3.85. The molecule has 0 saturated heterocycles. The maximum absolute atomic E-state index is 12.3. The Kier molecular flexibility index (Phi) is 7.46. The summed E-state index contributed by atoms with van der Waals surface area (Å²) in [6, 6.07) is 16.2. The first-order valence-electron chi connectivity index (χ1n) is 10.8. The van der Waals surface area contributed by atoms with Gasteiger partial charge in [0.1, 0.15) is 0 Å². The number of aromatic nitrogens is 3. The predicted octanol–water partition coefficient (Wildman–Crippen LogP) is 4.60. The average molecular weight is 465 g/mol. The van der Waals surface area contributed by atoms with Gasteiger partial charge in [-0.3, -0.25) is 19.5 Å². The molecule has 9 nitrogen and oxygen atoms in total. The first-order valence-corrected chi connectivity index (χ1v) is 11.8. The molecule has 1 aliphatic rings. The highest BCUT2D eigenvalue weighted by molar-refractivity contribution is 7.99. The number of benzene rings is 2. The zero-order valence-corrected chi connectivity index (χ0v) is 18.8. The van der Waals surface area contributed by atoms with Crippen molar-refractivity contribution in [3.05, 3.63) is 70.3 Å². The minimum absolute atomic E-state index is 0.00420. The number of hydrogen-bond donors (Lipinski definition) is 1. The molecule has 1 heterocycles. The number of hydrogen-bond acceptors (Lipinski definition) is 7. The van der Waals surface area contributed by atoms with E-state index in [9.17, 15) is 14.9 Å². The molecule has 0 atom stereocenters. The molecular formula is C23H24N6O3S. The second kappa shape index (κ2) is 10.9. The van der Waals surface area contributed by atoms with Crippen molar-refractivity contribution in [2.45, 2.75) is 43.3 Å². The van der Waals surface area contributed by atoms with E-state index in [0.29, 0.717) is 11.6 Å². The third kappa shape index (κ3) is 5.83. The molecule has 1 aromatic heterocycles. The van der Waals surface area contributed by atoms with E-state index in [-0.39, 0.29) is 17.3 Å². The zero-order chi connectivity index (χ0) is 23.0. The van der Waals surface area contributed by atoms with Crippen LogP contribution in [0, 0.1) is 10.1 Å². The van der Waals surface area contributed by atoms with Crippen LogP contribution in [0.1, 0.15) is 43.7 Å². The van der Waals surface area contributed by atoms with E-state index in [4.69, 9.17) is 0 Å². The summed E-state index contributed by atoms with van der Waals surface area (Å²) in [6.45, 7) is 0. The molecule has 1 saturated carbocycles. The van der Waals surface area contributed by atoms with Crippen molar-refractivity contribution in [3.63, 3.8) is 0 Å². The molecule has 1 N–H and O–H groups in total. The normalized spacial score (nSPS) is 14.4. The smallest absolute Gasteiger partial charge is 0.269 e. The Morgan fingerprint density at radius 1 is 1.12 bits per heavy atom. The number of rotatable bonds is 8. The first-order chi connectivity index (χ1) is 16.1. The van der Waals surface area contributed by atoms with E-state index in [1.165, 1.54) is 49.4 Å². The van der Waals surface area contributed by atoms with E-state index in [1.807, 2.05) is 30.3 Å². The van der Waals surface area contributed by atoms with E-state index < -0.39 is 4.92 Å². The van der Waals surface area contributed by atoms with Crippen LogP contribution in [0.4, 0.5) is 5.69 Å². The van der Waals surface area contributed by atoms with Crippen molar-refractivity contribution in [1.82, 2.24) is 20.2 Å². The molecule has 0 spiro atoms. The van der Waals surface area contributed by atoms with Crippen LogP contribution >= 0.6 is 11.8 Å². The molecule has 0 unspecified atom stereocenters. The molecule has 0 aliphatic heterocycles. The summed E-state index contributed by atoms with van der Waals surface area (Å²) < 4.78 is 2.19. The Labute approximate surface area is 195 Å². The van der Waals surface area contributed by atoms with Gasteiger partial charge >= 0.3 is 0 Å². The van der Waals surface area contributed by atoms with Crippen molar-refractivity contribution in [2.24, 2.45) is 5.10 Å². The largest absolute Gasteiger partial charge is 0.299 e. The van der Waals surface area contributed by atoms with Gasteiger partial charge in [-0.05, 0) is 30.5 Å². The van der Waals surface area contributed by atoms with Crippen LogP contribution in [0.15, 0.2) is 64.9 Å². The molecule has 2 aromatic carbocycles. The summed E-state index contributed by atoms with van der Waals surface area (Å²) in [5.41, 5.74) is 4.16. The summed E-state index contributed by atoms with van der Waals surface area (Å²) in [5.74, 6) is 0.719. The molecule has 1 aliphatic carbocycles. The standard InChI is InChI=1S/C23H24N6O3S/c30-21(25-24-15-17-11-13-20(14-12-17)29(31)32)16-33-23-27-26-22(18-7-3-1-4-8-18)28(23)19-9-5-2-6-10-19/h1,3-4,7-8,11-15,19H,2,5-6,9-10,16H2,(H,25,30). The SMILES string of the molecule is O=C(CSc1nnc(-c2ccccc2)n1C1CCCCC1)NN=Cc1ccc([N+](=O)[O-])cc1. The van der Waals surface area contributed by atoms with E-state index in [2.05, 4.69) is 25.3 Å². The number of non-ortho nitro benzene ring substituents is 1. The zero-order valence-electron chi connectivity index (χ0n) is 18.0. The van der Waals surface area contributed by atoms with Gasteiger partial charge in [-0.15, -0.1) is 10.2 Å². The van der Waals surface area contributed by atoms with Crippen LogP contribution in [-0.4, -0.2) is 37.6 Å². The number of nitrogens with one attached hydrogen (secondary N) is 1. The van der Waals surface area contributed by atoms with Crippen LogP contribution in [-0.2, 0) is 4.79 Å². The van der Waals surface area contributed by atoms with Crippen LogP contribution in [0.3, 0.4) is 0 Å². The molecule has 1 fully saturated rings. The van der Waals surface area contributed by atoms with Gasteiger partial charge in [0.05, 0.1) is 16.9 Å². The Morgan fingerprint density at radius 3 is 2.55 bits per heavy atom. The average Bonchev–Trinajstić information content (AvgIpc) is 3.28. The first kappa shape index (κ1) is 22.7. The second-order valence-corrected chi connectivity index (χ2v) is 8.71. The number of nitro benzene ring substituents is 1. The number of hydrazone groups is 1. The highest BCUT2D eigenvalue weighted by Gasteiger charge is 2.24. The van der Waals surface area contributed by atoms with Crippen molar-refractivity contribution in [1.29, 1.82) is 0 Å².